The Morgan fingerprint density at radius 1 is 1.24 bits per heavy atom. The third-order valence-electron chi connectivity index (χ3n) is 2.78. The van der Waals surface area contributed by atoms with E-state index in [1.54, 1.807) is 18.2 Å². The molecule has 84 valence electrons. The molecule has 2 aromatic rings. The number of carbonyl (C=O) groups excluding carboxylic acids is 2. The van der Waals surface area contributed by atoms with Gasteiger partial charge in [0.1, 0.15) is 0 Å². The summed E-state index contributed by atoms with van der Waals surface area (Å²) in [4.78, 5) is 23.3. The second-order valence-corrected chi connectivity index (χ2v) is 4.72. The molecule has 1 amide bonds. The Morgan fingerprint density at radius 2 is 2.12 bits per heavy atom. The van der Waals surface area contributed by atoms with Crippen LogP contribution in [-0.4, -0.2) is 11.7 Å². The fourth-order valence-electron chi connectivity index (χ4n) is 1.93. The summed E-state index contributed by atoms with van der Waals surface area (Å²) in [6, 6.07) is 7.15. The Bertz CT molecular complexity index is 602. The van der Waals surface area contributed by atoms with Gasteiger partial charge in [-0.15, -0.1) is 0 Å². The van der Waals surface area contributed by atoms with Gasteiger partial charge in [-0.2, -0.15) is 11.3 Å². The van der Waals surface area contributed by atoms with Crippen molar-refractivity contribution in [1.82, 2.24) is 0 Å². The predicted molar refractivity (Wildman–Crippen MR) is 66.5 cm³/mol. The van der Waals surface area contributed by atoms with Gasteiger partial charge in [-0.1, -0.05) is 0 Å². The maximum absolute atomic E-state index is 12.1. The van der Waals surface area contributed by atoms with Gasteiger partial charge in [0.15, 0.2) is 5.78 Å². The highest BCUT2D eigenvalue weighted by Gasteiger charge is 2.19. The van der Waals surface area contributed by atoms with Crippen LogP contribution in [0.15, 0.2) is 35.0 Å². The number of thiophene rings is 1. The Labute approximate surface area is 102 Å². The number of benzene rings is 1. The fourth-order valence-corrected chi connectivity index (χ4v) is 2.57. The van der Waals surface area contributed by atoms with Crippen LogP contribution in [0, 0.1) is 0 Å². The van der Waals surface area contributed by atoms with Crippen LogP contribution >= 0.6 is 11.3 Å². The van der Waals surface area contributed by atoms with Gasteiger partial charge in [-0.05, 0) is 35.2 Å². The lowest BCUT2D eigenvalue weighted by molar-refractivity contribution is -0.115. The van der Waals surface area contributed by atoms with E-state index in [-0.39, 0.29) is 11.7 Å². The van der Waals surface area contributed by atoms with Gasteiger partial charge >= 0.3 is 0 Å². The Balaban J connectivity index is 1.98. The molecule has 1 N–H and O–H groups in total. The molecule has 3 rings (SSSR count). The zero-order valence-electron chi connectivity index (χ0n) is 8.90. The first-order valence-corrected chi connectivity index (χ1v) is 6.18. The lowest BCUT2D eigenvalue weighted by Crippen LogP contribution is -2.03. The molecule has 2 heterocycles. The van der Waals surface area contributed by atoms with Crippen LogP contribution in [0.3, 0.4) is 0 Å². The van der Waals surface area contributed by atoms with Crippen molar-refractivity contribution in [3.05, 3.63) is 51.7 Å². The van der Waals surface area contributed by atoms with E-state index in [0.717, 1.165) is 11.3 Å². The van der Waals surface area contributed by atoms with Crippen LogP contribution in [-0.2, 0) is 11.2 Å². The number of nitrogens with one attached hydrogen (secondary N) is 1. The number of anilines is 1. The van der Waals surface area contributed by atoms with Crippen LogP contribution in [0.4, 0.5) is 5.69 Å². The number of fused-ring (bicyclic) bond motifs is 1. The zero-order chi connectivity index (χ0) is 11.8. The van der Waals surface area contributed by atoms with Crippen molar-refractivity contribution in [1.29, 1.82) is 0 Å². The molecule has 0 saturated carbocycles. The SMILES string of the molecule is O=C1Cc2cc(C(=O)c3ccsc3)ccc2N1. The minimum absolute atomic E-state index is 0.00778. The van der Waals surface area contributed by atoms with Gasteiger partial charge in [-0.25, -0.2) is 0 Å². The molecule has 1 aromatic carbocycles. The lowest BCUT2D eigenvalue weighted by Gasteiger charge is -2.02. The van der Waals surface area contributed by atoms with Gasteiger partial charge in [0, 0.05) is 22.2 Å². The average molecular weight is 243 g/mol. The van der Waals surface area contributed by atoms with Crippen molar-refractivity contribution < 1.29 is 9.59 Å². The van der Waals surface area contributed by atoms with Gasteiger partial charge in [-0.3, -0.25) is 9.59 Å². The molecule has 0 saturated heterocycles. The summed E-state index contributed by atoms with van der Waals surface area (Å²) in [5.41, 5.74) is 3.05. The number of ketones is 1. The molecule has 1 aromatic heterocycles. The first-order chi connectivity index (χ1) is 8.24. The van der Waals surface area contributed by atoms with Gasteiger partial charge in [0.25, 0.3) is 0 Å². The van der Waals surface area contributed by atoms with Crippen molar-refractivity contribution in [2.24, 2.45) is 0 Å². The van der Waals surface area contributed by atoms with E-state index in [2.05, 4.69) is 5.32 Å². The average Bonchev–Trinajstić information content (AvgIpc) is 2.94. The van der Waals surface area contributed by atoms with E-state index in [1.165, 1.54) is 11.3 Å². The van der Waals surface area contributed by atoms with Crippen LogP contribution in [0.5, 0.6) is 0 Å². The molecule has 0 unspecified atom stereocenters. The first-order valence-electron chi connectivity index (χ1n) is 5.24. The maximum Gasteiger partial charge on any atom is 0.228 e. The Kier molecular flexibility index (Phi) is 2.30. The second kappa shape index (κ2) is 3.82. The van der Waals surface area contributed by atoms with Crippen molar-refractivity contribution >= 4 is 28.7 Å². The summed E-state index contributed by atoms with van der Waals surface area (Å²) in [6.07, 6.45) is 0.361. The molecule has 0 atom stereocenters. The molecule has 1 aliphatic rings. The third kappa shape index (κ3) is 1.76. The third-order valence-corrected chi connectivity index (χ3v) is 3.46. The molecule has 0 aliphatic carbocycles. The molecular weight excluding hydrogens is 234 g/mol. The summed E-state index contributed by atoms with van der Waals surface area (Å²) in [5.74, 6) is -0.00599. The number of rotatable bonds is 2. The standard InChI is InChI=1S/C13H9NO2S/c15-12-6-10-5-8(1-2-11(10)14-12)13(16)9-3-4-17-7-9/h1-5,7H,6H2,(H,14,15). The predicted octanol–water partition coefficient (Wildman–Crippen LogP) is 2.47. The minimum Gasteiger partial charge on any atom is -0.326 e. The highest BCUT2D eigenvalue weighted by Crippen LogP contribution is 2.25. The molecular formula is C13H9NO2S. The van der Waals surface area contributed by atoms with E-state index >= 15 is 0 Å². The molecule has 1 aliphatic heterocycles. The van der Waals surface area contributed by atoms with E-state index in [0.29, 0.717) is 17.5 Å². The fraction of sp³-hybridized carbons (Fsp3) is 0.0769. The van der Waals surface area contributed by atoms with Crippen molar-refractivity contribution in [2.75, 3.05) is 5.32 Å². The number of carbonyl (C=O) groups is 2. The van der Waals surface area contributed by atoms with Gasteiger partial charge < -0.3 is 5.32 Å². The Morgan fingerprint density at radius 3 is 2.88 bits per heavy atom. The number of hydrogen-bond acceptors (Lipinski definition) is 3. The van der Waals surface area contributed by atoms with E-state index in [1.807, 2.05) is 16.8 Å². The smallest absolute Gasteiger partial charge is 0.228 e. The van der Waals surface area contributed by atoms with Gasteiger partial charge in [0.2, 0.25) is 5.91 Å². The van der Waals surface area contributed by atoms with Crippen molar-refractivity contribution in [2.45, 2.75) is 6.42 Å². The van der Waals surface area contributed by atoms with Crippen LogP contribution in [0.1, 0.15) is 21.5 Å². The lowest BCUT2D eigenvalue weighted by atomic mass is 10.0. The molecule has 4 heteroatoms. The number of hydrogen-bond donors (Lipinski definition) is 1. The zero-order valence-corrected chi connectivity index (χ0v) is 9.71. The largest absolute Gasteiger partial charge is 0.326 e. The molecule has 17 heavy (non-hydrogen) atoms. The van der Waals surface area contributed by atoms with Gasteiger partial charge in [0.05, 0.1) is 6.42 Å². The normalized spacial score (nSPS) is 13.3. The summed E-state index contributed by atoms with van der Waals surface area (Å²) in [6.45, 7) is 0. The van der Waals surface area contributed by atoms with Crippen LogP contribution in [0.25, 0.3) is 0 Å². The summed E-state index contributed by atoms with van der Waals surface area (Å²) < 4.78 is 0. The van der Waals surface area contributed by atoms with E-state index in [4.69, 9.17) is 0 Å². The molecule has 0 fully saturated rings. The van der Waals surface area contributed by atoms with Crippen molar-refractivity contribution in [3.63, 3.8) is 0 Å². The second-order valence-electron chi connectivity index (χ2n) is 3.94. The molecule has 0 spiro atoms. The molecule has 0 bridgehead atoms. The monoisotopic (exact) mass is 243 g/mol. The van der Waals surface area contributed by atoms with Crippen LogP contribution < -0.4 is 5.32 Å². The highest BCUT2D eigenvalue weighted by atomic mass is 32.1. The Hall–Kier alpha value is -1.94. The number of amides is 1. The topological polar surface area (TPSA) is 46.2 Å². The van der Waals surface area contributed by atoms with Crippen molar-refractivity contribution in [3.8, 4) is 0 Å². The summed E-state index contributed by atoms with van der Waals surface area (Å²) in [7, 11) is 0. The first kappa shape index (κ1) is 10.2. The maximum atomic E-state index is 12.1. The van der Waals surface area contributed by atoms with E-state index in [9.17, 15) is 9.59 Å². The van der Waals surface area contributed by atoms with E-state index < -0.39 is 0 Å². The quantitative estimate of drug-likeness (QED) is 0.824. The summed E-state index contributed by atoms with van der Waals surface area (Å²) >= 11 is 1.50. The molecule has 0 radical (unpaired) electrons. The highest BCUT2D eigenvalue weighted by molar-refractivity contribution is 7.08. The van der Waals surface area contributed by atoms with Crippen LogP contribution in [0.2, 0.25) is 0 Å². The summed E-state index contributed by atoms with van der Waals surface area (Å²) in [5, 5.41) is 6.46. The minimum atomic E-state index is -0.0138. The molecule has 3 nitrogen and oxygen atoms in total.